The van der Waals surface area contributed by atoms with Crippen LogP contribution < -0.4 is 15.8 Å². The Bertz CT molecular complexity index is 396. The van der Waals surface area contributed by atoms with Crippen molar-refractivity contribution in [1.82, 2.24) is 4.90 Å². The van der Waals surface area contributed by atoms with Crippen molar-refractivity contribution in [2.75, 3.05) is 39.1 Å². The van der Waals surface area contributed by atoms with Gasteiger partial charge in [-0.05, 0) is 38.6 Å². The number of benzene rings is 1. The molecule has 3 N–H and O–H groups in total. The number of nitrogens with zero attached hydrogens (tertiary/aromatic N) is 1. The number of likely N-dealkylation sites (tertiary alicyclic amines) is 1. The molecule has 1 aliphatic heterocycles. The Labute approximate surface area is 109 Å². The first-order valence-corrected chi connectivity index (χ1v) is 6.48. The molecule has 4 heteroatoms. The van der Waals surface area contributed by atoms with Crippen molar-refractivity contribution in [3.05, 3.63) is 24.3 Å². The van der Waals surface area contributed by atoms with Crippen LogP contribution >= 0.6 is 0 Å². The molecule has 1 aromatic rings. The summed E-state index contributed by atoms with van der Waals surface area (Å²) in [5.41, 5.74) is 7.06. The molecular formula is C14H23N3O. The maximum atomic E-state index is 6.00. The lowest BCUT2D eigenvalue weighted by Gasteiger charge is -2.42. The van der Waals surface area contributed by atoms with Gasteiger partial charge in [0.25, 0.3) is 0 Å². The minimum atomic E-state index is -0.0145. The lowest BCUT2D eigenvalue weighted by molar-refractivity contribution is 0.198. The van der Waals surface area contributed by atoms with Crippen LogP contribution in [0.1, 0.15) is 12.8 Å². The summed E-state index contributed by atoms with van der Waals surface area (Å²) in [4.78, 5) is 2.34. The van der Waals surface area contributed by atoms with Crippen molar-refractivity contribution in [3.63, 3.8) is 0 Å². The molecule has 0 spiro atoms. The second-order valence-electron chi connectivity index (χ2n) is 5.18. The molecule has 0 amide bonds. The molecule has 1 aromatic carbocycles. The van der Waals surface area contributed by atoms with E-state index in [1.807, 2.05) is 18.2 Å². The number of likely N-dealkylation sites (N-methyl/N-ethyl adjacent to an activating group) is 1. The number of nitrogens with two attached hydrogens (primary N) is 1. The molecule has 1 unspecified atom stereocenters. The zero-order chi connectivity index (χ0) is 13.0. The van der Waals surface area contributed by atoms with E-state index in [9.17, 15) is 0 Å². The van der Waals surface area contributed by atoms with Gasteiger partial charge in [0, 0.05) is 24.8 Å². The summed E-state index contributed by atoms with van der Waals surface area (Å²) in [5, 5.41) is 3.60. The van der Waals surface area contributed by atoms with Gasteiger partial charge in [0.05, 0.1) is 12.6 Å². The van der Waals surface area contributed by atoms with Gasteiger partial charge < -0.3 is 20.7 Å². The van der Waals surface area contributed by atoms with Crippen molar-refractivity contribution in [2.24, 2.45) is 5.73 Å². The van der Waals surface area contributed by atoms with Gasteiger partial charge in [0.15, 0.2) is 0 Å². The number of hydrogen-bond acceptors (Lipinski definition) is 4. The number of methoxy groups -OCH3 is 1. The average Bonchev–Trinajstić information content (AvgIpc) is 2.39. The lowest BCUT2D eigenvalue weighted by atomic mass is 9.89. The first kappa shape index (κ1) is 13.2. The third-order valence-corrected chi connectivity index (χ3v) is 3.64. The number of rotatable bonds is 4. The Morgan fingerprint density at radius 2 is 2.33 bits per heavy atom. The first-order valence-electron chi connectivity index (χ1n) is 6.48. The third-order valence-electron chi connectivity index (χ3n) is 3.64. The van der Waals surface area contributed by atoms with Crippen LogP contribution in [0.5, 0.6) is 5.75 Å². The predicted molar refractivity (Wildman–Crippen MR) is 75.1 cm³/mol. The normalized spacial score (nSPS) is 24.8. The van der Waals surface area contributed by atoms with E-state index in [0.29, 0.717) is 6.54 Å². The smallest absolute Gasteiger partial charge is 0.120 e. The molecule has 1 fully saturated rings. The number of nitrogens with one attached hydrogen (secondary N) is 1. The molecule has 1 atom stereocenters. The summed E-state index contributed by atoms with van der Waals surface area (Å²) in [6.45, 7) is 2.79. The Balaban J connectivity index is 2.13. The van der Waals surface area contributed by atoms with Crippen molar-refractivity contribution in [1.29, 1.82) is 0 Å². The van der Waals surface area contributed by atoms with Gasteiger partial charge in [0.1, 0.15) is 5.75 Å². The molecule has 0 aliphatic carbocycles. The van der Waals surface area contributed by atoms with Crippen LogP contribution in [0.3, 0.4) is 0 Å². The largest absolute Gasteiger partial charge is 0.497 e. The fourth-order valence-corrected chi connectivity index (χ4v) is 2.69. The molecule has 0 aromatic heterocycles. The fraction of sp³-hybridized carbons (Fsp3) is 0.571. The second-order valence-corrected chi connectivity index (χ2v) is 5.18. The van der Waals surface area contributed by atoms with Crippen molar-refractivity contribution < 1.29 is 4.74 Å². The third kappa shape index (κ3) is 2.94. The first-order chi connectivity index (χ1) is 8.67. The standard InChI is InChI=1S/C14H23N3O/c1-17-8-4-7-14(10-15,11-17)16-12-5-3-6-13(9-12)18-2/h3,5-6,9,16H,4,7-8,10-11,15H2,1-2H3. The maximum Gasteiger partial charge on any atom is 0.120 e. The number of piperidine rings is 1. The quantitative estimate of drug-likeness (QED) is 0.849. The van der Waals surface area contributed by atoms with E-state index in [2.05, 4.69) is 23.3 Å². The van der Waals surface area contributed by atoms with Gasteiger partial charge in [-0.3, -0.25) is 0 Å². The molecule has 2 rings (SSSR count). The molecule has 1 aliphatic rings. The molecule has 100 valence electrons. The molecule has 0 saturated carbocycles. The van der Waals surface area contributed by atoms with E-state index in [1.165, 1.54) is 6.42 Å². The van der Waals surface area contributed by atoms with Gasteiger partial charge in [-0.2, -0.15) is 0 Å². The van der Waals surface area contributed by atoms with Crippen LogP contribution in [0.2, 0.25) is 0 Å². The SMILES string of the molecule is COc1cccc(NC2(CN)CCCN(C)C2)c1. The number of ether oxygens (including phenoxy) is 1. The van der Waals surface area contributed by atoms with Crippen molar-refractivity contribution in [3.8, 4) is 5.75 Å². The zero-order valence-corrected chi connectivity index (χ0v) is 11.3. The Hall–Kier alpha value is -1.26. The summed E-state index contributed by atoms with van der Waals surface area (Å²) in [6, 6.07) is 8.03. The average molecular weight is 249 g/mol. The van der Waals surface area contributed by atoms with Crippen LogP contribution in [-0.2, 0) is 0 Å². The highest BCUT2D eigenvalue weighted by Gasteiger charge is 2.32. The van der Waals surface area contributed by atoms with Crippen molar-refractivity contribution >= 4 is 5.69 Å². The van der Waals surface area contributed by atoms with Crippen LogP contribution in [0.15, 0.2) is 24.3 Å². The monoisotopic (exact) mass is 249 g/mol. The van der Waals surface area contributed by atoms with Crippen LogP contribution in [0.25, 0.3) is 0 Å². The van der Waals surface area contributed by atoms with Crippen molar-refractivity contribution in [2.45, 2.75) is 18.4 Å². The van der Waals surface area contributed by atoms with Gasteiger partial charge in [-0.15, -0.1) is 0 Å². The molecule has 4 nitrogen and oxygen atoms in total. The van der Waals surface area contributed by atoms with E-state index in [0.717, 1.165) is 30.9 Å². The summed E-state index contributed by atoms with van der Waals surface area (Å²) in [5.74, 6) is 0.872. The van der Waals surface area contributed by atoms with Gasteiger partial charge in [-0.1, -0.05) is 6.07 Å². The topological polar surface area (TPSA) is 50.5 Å². The molecule has 1 saturated heterocycles. The van der Waals surface area contributed by atoms with Gasteiger partial charge in [-0.25, -0.2) is 0 Å². The highest BCUT2D eigenvalue weighted by molar-refractivity contribution is 5.50. The Kier molecular flexibility index (Phi) is 4.09. The predicted octanol–water partition coefficient (Wildman–Crippen LogP) is 1.53. The lowest BCUT2D eigenvalue weighted by Crippen LogP contribution is -2.56. The summed E-state index contributed by atoms with van der Waals surface area (Å²) in [6.07, 6.45) is 2.30. The van der Waals surface area contributed by atoms with Crippen LogP contribution in [0, 0.1) is 0 Å². The molecule has 0 bridgehead atoms. The van der Waals surface area contributed by atoms with E-state index in [-0.39, 0.29) is 5.54 Å². The maximum absolute atomic E-state index is 6.00. The summed E-state index contributed by atoms with van der Waals surface area (Å²) >= 11 is 0. The summed E-state index contributed by atoms with van der Waals surface area (Å²) in [7, 11) is 3.84. The number of hydrogen-bond donors (Lipinski definition) is 2. The van der Waals surface area contributed by atoms with Gasteiger partial charge in [0.2, 0.25) is 0 Å². The highest BCUT2D eigenvalue weighted by Crippen LogP contribution is 2.26. The van der Waals surface area contributed by atoms with Crippen LogP contribution in [-0.4, -0.2) is 44.2 Å². The molecular weight excluding hydrogens is 226 g/mol. The molecule has 0 radical (unpaired) electrons. The number of anilines is 1. The zero-order valence-electron chi connectivity index (χ0n) is 11.3. The van der Waals surface area contributed by atoms with E-state index >= 15 is 0 Å². The van der Waals surface area contributed by atoms with E-state index in [1.54, 1.807) is 7.11 Å². The minimum Gasteiger partial charge on any atom is -0.497 e. The highest BCUT2D eigenvalue weighted by atomic mass is 16.5. The van der Waals surface area contributed by atoms with Crippen LogP contribution in [0.4, 0.5) is 5.69 Å². The van der Waals surface area contributed by atoms with E-state index in [4.69, 9.17) is 10.5 Å². The fourth-order valence-electron chi connectivity index (χ4n) is 2.69. The van der Waals surface area contributed by atoms with Gasteiger partial charge >= 0.3 is 0 Å². The summed E-state index contributed by atoms with van der Waals surface area (Å²) < 4.78 is 5.25. The Morgan fingerprint density at radius 1 is 1.50 bits per heavy atom. The second kappa shape index (κ2) is 5.59. The minimum absolute atomic E-state index is 0.0145. The van der Waals surface area contributed by atoms with E-state index < -0.39 is 0 Å². The molecule has 1 heterocycles. The molecule has 18 heavy (non-hydrogen) atoms. The Morgan fingerprint density at radius 3 is 3.00 bits per heavy atom.